The average molecular weight is 397 g/mol. The molecule has 0 aliphatic heterocycles. The monoisotopic (exact) mass is 396 g/mol. The molecule has 0 aliphatic carbocycles. The van der Waals surface area contributed by atoms with Gasteiger partial charge in [-0.05, 0) is 32.4 Å². The predicted octanol–water partition coefficient (Wildman–Crippen LogP) is 3.48. The van der Waals surface area contributed by atoms with Crippen LogP contribution in [0.3, 0.4) is 0 Å². The summed E-state index contributed by atoms with van der Waals surface area (Å²) in [7, 11) is 0. The number of aryl methyl sites for hydroxylation is 2. The molecule has 0 saturated carbocycles. The minimum atomic E-state index is -0.263. The number of fused-ring (bicyclic) bond motifs is 1. The molecule has 0 aliphatic rings. The lowest BCUT2D eigenvalue weighted by atomic mass is 10.3. The van der Waals surface area contributed by atoms with Gasteiger partial charge in [0.1, 0.15) is 0 Å². The number of anilines is 1. The van der Waals surface area contributed by atoms with E-state index in [1.807, 2.05) is 19.9 Å². The summed E-state index contributed by atoms with van der Waals surface area (Å²) in [5.41, 5.74) is 2.46. The Labute approximate surface area is 158 Å². The zero-order chi connectivity index (χ0) is 18.1. The molecule has 0 spiro atoms. The molecular weight excluding hydrogens is 383 g/mol. The molecule has 0 bridgehead atoms. The lowest BCUT2D eigenvalue weighted by Crippen LogP contribution is -2.15. The zero-order valence-corrected chi connectivity index (χ0v) is 16.0. The van der Waals surface area contributed by atoms with Crippen molar-refractivity contribution in [3.8, 4) is 0 Å². The standard InChI is InChI=1S/C15H14Cl2N6OS/c1-7-4-8(2)23-14(19-7)21-15(22-23)25-6-11(24)20-13-12(17)9(3)10(16)5-18-13/h4-5H,6H2,1-3H3,(H,18,20,24). The number of carbonyl (C=O) groups is 1. The fraction of sp³-hybridized carbons (Fsp3) is 0.267. The molecular formula is C15H14Cl2N6OS. The van der Waals surface area contributed by atoms with Crippen LogP contribution in [0.25, 0.3) is 5.78 Å². The average Bonchev–Trinajstić information content (AvgIpc) is 2.97. The van der Waals surface area contributed by atoms with Crippen molar-refractivity contribution in [2.75, 3.05) is 11.1 Å². The maximum absolute atomic E-state index is 12.1. The molecule has 3 heterocycles. The van der Waals surface area contributed by atoms with E-state index in [2.05, 4.69) is 25.4 Å². The van der Waals surface area contributed by atoms with E-state index in [-0.39, 0.29) is 17.5 Å². The summed E-state index contributed by atoms with van der Waals surface area (Å²) < 4.78 is 1.65. The Kier molecular flexibility index (Phi) is 5.12. The Hall–Kier alpha value is -1.90. The molecule has 0 unspecified atom stereocenters. The van der Waals surface area contributed by atoms with E-state index in [1.165, 1.54) is 18.0 Å². The maximum Gasteiger partial charge on any atom is 0.253 e. The van der Waals surface area contributed by atoms with Gasteiger partial charge in [-0.2, -0.15) is 4.98 Å². The van der Waals surface area contributed by atoms with Crippen molar-refractivity contribution in [1.29, 1.82) is 0 Å². The smallest absolute Gasteiger partial charge is 0.253 e. The topological polar surface area (TPSA) is 85.1 Å². The summed E-state index contributed by atoms with van der Waals surface area (Å²) in [6.45, 7) is 5.58. The number of aromatic nitrogens is 5. The molecule has 25 heavy (non-hydrogen) atoms. The third kappa shape index (κ3) is 3.86. The van der Waals surface area contributed by atoms with E-state index in [9.17, 15) is 4.79 Å². The molecule has 7 nitrogen and oxygen atoms in total. The Morgan fingerprint density at radius 1 is 1.28 bits per heavy atom. The summed E-state index contributed by atoms with van der Waals surface area (Å²) >= 11 is 13.3. The van der Waals surface area contributed by atoms with Crippen molar-refractivity contribution < 1.29 is 4.79 Å². The number of rotatable bonds is 4. The number of hydrogen-bond acceptors (Lipinski definition) is 6. The summed E-state index contributed by atoms with van der Waals surface area (Å²) in [5, 5.41) is 8.26. The third-order valence-corrected chi connectivity index (χ3v) is 5.07. The lowest BCUT2D eigenvalue weighted by molar-refractivity contribution is -0.113. The molecule has 1 amide bonds. The molecule has 1 N–H and O–H groups in total. The first-order chi connectivity index (χ1) is 11.8. The first-order valence-corrected chi connectivity index (χ1v) is 9.03. The highest BCUT2D eigenvalue weighted by molar-refractivity contribution is 7.99. The van der Waals surface area contributed by atoms with Gasteiger partial charge >= 0.3 is 0 Å². The highest BCUT2D eigenvalue weighted by Gasteiger charge is 2.14. The number of nitrogens with zero attached hydrogens (tertiary/aromatic N) is 5. The number of carbonyl (C=O) groups excluding carboxylic acids is 1. The van der Waals surface area contributed by atoms with Crippen LogP contribution < -0.4 is 5.32 Å². The van der Waals surface area contributed by atoms with Gasteiger partial charge in [-0.25, -0.2) is 14.5 Å². The summed E-state index contributed by atoms with van der Waals surface area (Å²) in [4.78, 5) is 24.8. The van der Waals surface area contributed by atoms with Gasteiger partial charge in [0.15, 0.2) is 5.82 Å². The van der Waals surface area contributed by atoms with Crippen LogP contribution >= 0.6 is 35.0 Å². The van der Waals surface area contributed by atoms with Crippen molar-refractivity contribution in [3.63, 3.8) is 0 Å². The number of pyridine rings is 1. The van der Waals surface area contributed by atoms with Crippen molar-refractivity contribution in [3.05, 3.63) is 39.3 Å². The Bertz CT molecular complexity index is 974. The number of nitrogens with one attached hydrogen (secondary N) is 1. The van der Waals surface area contributed by atoms with Crippen molar-refractivity contribution in [2.24, 2.45) is 0 Å². The van der Waals surface area contributed by atoms with Gasteiger partial charge in [-0.15, -0.1) is 5.10 Å². The van der Waals surface area contributed by atoms with Crippen LogP contribution in [-0.4, -0.2) is 36.2 Å². The molecule has 130 valence electrons. The molecule has 0 aromatic carbocycles. The number of halogens is 2. The highest BCUT2D eigenvalue weighted by atomic mass is 35.5. The van der Waals surface area contributed by atoms with Gasteiger partial charge in [0.25, 0.3) is 5.78 Å². The van der Waals surface area contributed by atoms with Gasteiger partial charge in [0.05, 0.1) is 15.8 Å². The van der Waals surface area contributed by atoms with Crippen LogP contribution in [0.5, 0.6) is 0 Å². The maximum atomic E-state index is 12.1. The molecule has 0 saturated heterocycles. The molecule has 3 rings (SSSR count). The van der Waals surface area contributed by atoms with Gasteiger partial charge < -0.3 is 5.32 Å². The molecule has 10 heteroatoms. The van der Waals surface area contributed by atoms with Crippen LogP contribution in [0.1, 0.15) is 17.0 Å². The van der Waals surface area contributed by atoms with Crippen molar-refractivity contribution in [2.45, 2.75) is 25.9 Å². The van der Waals surface area contributed by atoms with Gasteiger partial charge in [0, 0.05) is 17.6 Å². The van der Waals surface area contributed by atoms with E-state index < -0.39 is 0 Å². The van der Waals surface area contributed by atoms with E-state index in [0.29, 0.717) is 26.5 Å². The second-order valence-electron chi connectivity index (χ2n) is 5.38. The number of thioether (sulfide) groups is 1. The zero-order valence-electron chi connectivity index (χ0n) is 13.7. The minimum absolute atomic E-state index is 0.120. The van der Waals surface area contributed by atoms with E-state index in [4.69, 9.17) is 23.2 Å². The quantitative estimate of drug-likeness (QED) is 0.679. The highest BCUT2D eigenvalue weighted by Crippen LogP contribution is 2.28. The van der Waals surface area contributed by atoms with Crippen molar-refractivity contribution >= 4 is 52.5 Å². The molecule has 0 radical (unpaired) electrons. The second kappa shape index (κ2) is 7.15. The van der Waals surface area contributed by atoms with Gasteiger partial charge in [0.2, 0.25) is 11.1 Å². The third-order valence-electron chi connectivity index (χ3n) is 3.39. The van der Waals surface area contributed by atoms with Crippen LogP contribution in [0, 0.1) is 20.8 Å². The normalized spacial score (nSPS) is 11.1. The number of hydrogen-bond donors (Lipinski definition) is 1. The molecule has 3 aromatic rings. The van der Waals surface area contributed by atoms with Crippen molar-refractivity contribution in [1.82, 2.24) is 24.6 Å². The Morgan fingerprint density at radius 3 is 2.80 bits per heavy atom. The Balaban J connectivity index is 1.69. The summed E-state index contributed by atoms with van der Waals surface area (Å²) in [5.74, 6) is 0.652. The summed E-state index contributed by atoms with van der Waals surface area (Å²) in [6.07, 6.45) is 1.45. The Morgan fingerprint density at radius 2 is 2.04 bits per heavy atom. The van der Waals surface area contributed by atoms with Crippen LogP contribution in [0.2, 0.25) is 10.0 Å². The fourth-order valence-electron chi connectivity index (χ4n) is 2.15. The molecule has 0 fully saturated rings. The van der Waals surface area contributed by atoms with Crippen LogP contribution in [0.15, 0.2) is 17.4 Å². The van der Waals surface area contributed by atoms with E-state index in [1.54, 1.807) is 11.4 Å². The lowest BCUT2D eigenvalue weighted by Gasteiger charge is -2.08. The van der Waals surface area contributed by atoms with E-state index >= 15 is 0 Å². The van der Waals surface area contributed by atoms with Crippen LogP contribution in [0.4, 0.5) is 5.82 Å². The predicted molar refractivity (Wildman–Crippen MR) is 98.6 cm³/mol. The molecule has 3 aromatic heterocycles. The van der Waals surface area contributed by atoms with Gasteiger partial charge in [-0.1, -0.05) is 35.0 Å². The first kappa shape index (κ1) is 17.9. The fourth-order valence-corrected chi connectivity index (χ4v) is 3.16. The SMILES string of the molecule is Cc1cc(C)n2nc(SCC(=O)Nc3ncc(Cl)c(C)c3Cl)nc2n1. The number of amides is 1. The molecule has 0 atom stereocenters. The largest absolute Gasteiger partial charge is 0.309 e. The second-order valence-corrected chi connectivity index (χ2v) is 7.10. The minimum Gasteiger partial charge on any atom is -0.309 e. The summed E-state index contributed by atoms with van der Waals surface area (Å²) in [6, 6.07) is 1.92. The van der Waals surface area contributed by atoms with Crippen LogP contribution in [-0.2, 0) is 4.79 Å². The first-order valence-electron chi connectivity index (χ1n) is 7.29. The van der Waals surface area contributed by atoms with E-state index in [0.717, 1.165) is 11.4 Å². The van der Waals surface area contributed by atoms with Gasteiger partial charge in [-0.3, -0.25) is 4.79 Å².